The highest BCUT2D eigenvalue weighted by Gasteiger charge is 2.16. The van der Waals surface area contributed by atoms with Crippen molar-refractivity contribution in [2.75, 3.05) is 20.1 Å². The summed E-state index contributed by atoms with van der Waals surface area (Å²) in [6.07, 6.45) is 3.36. The van der Waals surface area contributed by atoms with Gasteiger partial charge in [-0.25, -0.2) is 0 Å². The molecule has 0 saturated carbocycles. The van der Waals surface area contributed by atoms with Gasteiger partial charge in [-0.05, 0) is 25.1 Å². The van der Waals surface area contributed by atoms with Gasteiger partial charge in [0.1, 0.15) is 0 Å². The fraction of sp³-hybridized carbons (Fsp3) is 0.308. The maximum Gasteiger partial charge on any atom is 0.0969 e. The van der Waals surface area contributed by atoms with Crippen LogP contribution in [0, 0.1) is 0 Å². The lowest BCUT2D eigenvalue weighted by atomic mass is 10.0. The standard InChI is InChI=1S/C13H14ClN3/c1-17-7-3-4-9(8-17)12-10-5-2-6-11(14)13(10)16-15-12/h2,4-6H,3,7-8H2,1H3,(H,15,16). The number of halogens is 1. The third-order valence-electron chi connectivity index (χ3n) is 3.19. The van der Waals surface area contributed by atoms with Crippen molar-refractivity contribution in [1.82, 2.24) is 15.1 Å². The molecule has 0 aliphatic carbocycles. The Kier molecular flexibility index (Phi) is 2.65. The lowest BCUT2D eigenvalue weighted by molar-refractivity contribution is 0.372. The van der Waals surface area contributed by atoms with Crippen LogP contribution in [0.25, 0.3) is 16.5 Å². The molecule has 1 aromatic carbocycles. The van der Waals surface area contributed by atoms with E-state index in [2.05, 4.69) is 34.3 Å². The molecule has 0 amide bonds. The molecule has 0 unspecified atom stereocenters. The predicted octanol–water partition coefficient (Wildman–Crippen LogP) is 2.94. The number of benzene rings is 1. The highest BCUT2D eigenvalue weighted by Crippen LogP contribution is 2.29. The predicted molar refractivity (Wildman–Crippen MR) is 71.2 cm³/mol. The first-order chi connectivity index (χ1) is 8.25. The second-order valence-corrected chi connectivity index (χ2v) is 4.90. The number of aromatic nitrogens is 2. The molecule has 4 heteroatoms. The molecule has 2 aromatic rings. The van der Waals surface area contributed by atoms with Crippen LogP contribution in [0.4, 0.5) is 0 Å². The fourth-order valence-corrected chi connectivity index (χ4v) is 2.53. The van der Waals surface area contributed by atoms with Crippen molar-refractivity contribution in [2.45, 2.75) is 6.42 Å². The largest absolute Gasteiger partial charge is 0.302 e. The fourth-order valence-electron chi connectivity index (χ4n) is 2.32. The van der Waals surface area contributed by atoms with Crippen LogP contribution in [-0.2, 0) is 0 Å². The maximum atomic E-state index is 6.14. The molecule has 0 saturated heterocycles. The highest BCUT2D eigenvalue weighted by molar-refractivity contribution is 6.35. The number of para-hydroxylation sites is 1. The minimum Gasteiger partial charge on any atom is -0.302 e. The smallest absolute Gasteiger partial charge is 0.0969 e. The van der Waals surface area contributed by atoms with E-state index in [0.717, 1.165) is 41.1 Å². The summed E-state index contributed by atoms with van der Waals surface area (Å²) in [5, 5.41) is 9.28. The van der Waals surface area contributed by atoms with Crippen molar-refractivity contribution < 1.29 is 0 Å². The number of fused-ring (bicyclic) bond motifs is 1. The third-order valence-corrected chi connectivity index (χ3v) is 3.51. The molecule has 3 nitrogen and oxygen atoms in total. The lowest BCUT2D eigenvalue weighted by Gasteiger charge is -2.21. The summed E-state index contributed by atoms with van der Waals surface area (Å²) in [6.45, 7) is 2.07. The first kappa shape index (κ1) is 10.8. The van der Waals surface area contributed by atoms with Gasteiger partial charge in [-0.15, -0.1) is 0 Å². The molecule has 1 aromatic heterocycles. The van der Waals surface area contributed by atoms with E-state index in [9.17, 15) is 0 Å². The molecule has 0 spiro atoms. The van der Waals surface area contributed by atoms with Gasteiger partial charge in [-0.3, -0.25) is 5.10 Å². The minimum atomic E-state index is 0.728. The van der Waals surface area contributed by atoms with Gasteiger partial charge in [0.05, 0.1) is 16.2 Å². The molecule has 0 bridgehead atoms. The summed E-state index contributed by atoms with van der Waals surface area (Å²) in [5.74, 6) is 0. The number of nitrogens with one attached hydrogen (secondary N) is 1. The van der Waals surface area contributed by atoms with Gasteiger partial charge in [-0.1, -0.05) is 29.8 Å². The average Bonchev–Trinajstić information content (AvgIpc) is 2.74. The zero-order valence-corrected chi connectivity index (χ0v) is 10.5. The Morgan fingerprint density at radius 3 is 3.12 bits per heavy atom. The number of aromatic amines is 1. The Labute approximate surface area is 105 Å². The van der Waals surface area contributed by atoms with E-state index in [-0.39, 0.29) is 0 Å². The second-order valence-electron chi connectivity index (χ2n) is 4.49. The SMILES string of the molecule is CN1CCC=C(c2n[nH]c3c(Cl)cccc23)C1. The number of rotatable bonds is 1. The minimum absolute atomic E-state index is 0.728. The zero-order chi connectivity index (χ0) is 11.8. The molecule has 0 fully saturated rings. The quantitative estimate of drug-likeness (QED) is 0.840. The van der Waals surface area contributed by atoms with E-state index in [1.165, 1.54) is 5.57 Å². The van der Waals surface area contributed by atoms with E-state index >= 15 is 0 Å². The molecule has 1 aliphatic heterocycles. The van der Waals surface area contributed by atoms with Crippen LogP contribution >= 0.6 is 11.6 Å². The van der Waals surface area contributed by atoms with Gasteiger partial charge >= 0.3 is 0 Å². The number of likely N-dealkylation sites (N-methyl/N-ethyl adjacent to an activating group) is 1. The van der Waals surface area contributed by atoms with E-state index in [1.807, 2.05) is 12.1 Å². The third kappa shape index (κ3) is 1.85. The molecule has 0 atom stereocenters. The van der Waals surface area contributed by atoms with Gasteiger partial charge in [-0.2, -0.15) is 5.10 Å². The number of nitrogens with zero attached hydrogens (tertiary/aromatic N) is 2. The lowest BCUT2D eigenvalue weighted by Crippen LogP contribution is -2.25. The van der Waals surface area contributed by atoms with Crippen LogP contribution in [0.15, 0.2) is 24.3 Å². The molecule has 1 aliphatic rings. The van der Waals surface area contributed by atoms with E-state index in [0.29, 0.717) is 0 Å². The van der Waals surface area contributed by atoms with Crippen LogP contribution < -0.4 is 0 Å². The van der Waals surface area contributed by atoms with E-state index < -0.39 is 0 Å². The zero-order valence-electron chi connectivity index (χ0n) is 9.70. The summed E-state index contributed by atoms with van der Waals surface area (Å²) >= 11 is 6.14. The van der Waals surface area contributed by atoms with Crippen LogP contribution in [0.1, 0.15) is 12.1 Å². The highest BCUT2D eigenvalue weighted by atomic mass is 35.5. The van der Waals surface area contributed by atoms with Crippen molar-refractivity contribution in [2.24, 2.45) is 0 Å². The summed E-state index contributed by atoms with van der Waals surface area (Å²) in [5.41, 5.74) is 3.25. The Morgan fingerprint density at radius 1 is 1.41 bits per heavy atom. The van der Waals surface area contributed by atoms with Crippen LogP contribution in [0.5, 0.6) is 0 Å². The molecule has 88 valence electrons. The monoisotopic (exact) mass is 247 g/mol. The van der Waals surface area contributed by atoms with E-state index in [1.54, 1.807) is 0 Å². The van der Waals surface area contributed by atoms with Gasteiger partial charge in [0.2, 0.25) is 0 Å². The van der Waals surface area contributed by atoms with Crippen molar-refractivity contribution in [1.29, 1.82) is 0 Å². The Hall–Kier alpha value is -1.32. The topological polar surface area (TPSA) is 31.9 Å². The normalized spacial score (nSPS) is 17.4. The Balaban J connectivity index is 2.12. The second kappa shape index (κ2) is 4.17. The molecule has 0 radical (unpaired) electrons. The molecule has 1 N–H and O–H groups in total. The molecular formula is C13H14ClN3. The van der Waals surface area contributed by atoms with Crippen molar-refractivity contribution in [3.63, 3.8) is 0 Å². The van der Waals surface area contributed by atoms with Crippen LogP contribution in [-0.4, -0.2) is 35.2 Å². The summed E-state index contributed by atoms with van der Waals surface area (Å²) in [7, 11) is 2.13. The molecule has 2 heterocycles. The van der Waals surface area contributed by atoms with E-state index in [4.69, 9.17) is 11.6 Å². The molecular weight excluding hydrogens is 234 g/mol. The van der Waals surface area contributed by atoms with Gasteiger partial charge in [0, 0.05) is 18.5 Å². The first-order valence-corrected chi connectivity index (χ1v) is 6.14. The Bertz CT molecular complexity index is 585. The summed E-state index contributed by atoms with van der Waals surface area (Å²) in [6, 6.07) is 5.92. The van der Waals surface area contributed by atoms with Gasteiger partial charge in [0.25, 0.3) is 0 Å². The van der Waals surface area contributed by atoms with Crippen LogP contribution in [0.2, 0.25) is 5.02 Å². The maximum absolute atomic E-state index is 6.14. The average molecular weight is 248 g/mol. The van der Waals surface area contributed by atoms with Crippen molar-refractivity contribution >= 4 is 28.1 Å². The number of hydrogen-bond acceptors (Lipinski definition) is 2. The van der Waals surface area contributed by atoms with Gasteiger partial charge < -0.3 is 4.90 Å². The number of H-pyrrole nitrogens is 1. The summed E-state index contributed by atoms with van der Waals surface area (Å²) < 4.78 is 0. The number of hydrogen-bond donors (Lipinski definition) is 1. The summed E-state index contributed by atoms with van der Waals surface area (Å²) in [4.78, 5) is 2.31. The first-order valence-electron chi connectivity index (χ1n) is 5.76. The van der Waals surface area contributed by atoms with Crippen molar-refractivity contribution in [3.8, 4) is 0 Å². The van der Waals surface area contributed by atoms with Crippen molar-refractivity contribution in [3.05, 3.63) is 35.0 Å². The van der Waals surface area contributed by atoms with Gasteiger partial charge in [0.15, 0.2) is 0 Å². The molecule has 3 rings (SSSR count). The van der Waals surface area contributed by atoms with Crippen LogP contribution in [0.3, 0.4) is 0 Å². The Morgan fingerprint density at radius 2 is 2.29 bits per heavy atom. The molecule has 17 heavy (non-hydrogen) atoms.